The van der Waals surface area contributed by atoms with E-state index in [2.05, 4.69) is 5.32 Å². The largest absolute Gasteiger partial charge is 0.482 e. The molecule has 0 radical (unpaired) electrons. The predicted octanol–water partition coefficient (Wildman–Crippen LogP) is 2.98. The monoisotopic (exact) mass is 343 g/mol. The number of carbonyl (C=O) groups excluding carboxylic acids is 1. The first-order valence-electron chi connectivity index (χ1n) is 7.77. The van der Waals surface area contributed by atoms with E-state index in [1.807, 2.05) is 25.1 Å². The highest BCUT2D eigenvalue weighted by Crippen LogP contribution is 2.26. The molecule has 0 atom stereocenters. The molecule has 2 rings (SSSR count). The Morgan fingerprint density at radius 2 is 1.88 bits per heavy atom. The van der Waals surface area contributed by atoms with Crippen LogP contribution in [0, 0.1) is 17.0 Å². The highest BCUT2D eigenvalue weighted by Gasteiger charge is 2.09. The number of anilines is 1. The molecule has 0 fully saturated rings. The van der Waals surface area contributed by atoms with Gasteiger partial charge in [0.15, 0.2) is 6.61 Å². The third kappa shape index (κ3) is 5.20. The topological polar surface area (TPSA) is 84.7 Å². The molecule has 1 N–H and O–H groups in total. The number of hydrogen-bond donors (Lipinski definition) is 1. The summed E-state index contributed by atoms with van der Waals surface area (Å²) in [6, 6.07) is 12.0. The summed E-state index contributed by atoms with van der Waals surface area (Å²) in [5.41, 5.74) is 2.75. The molecule has 0 unspecified atom stereocenters. The van der Waals surface area contributed by atoms with Crippen molar-refractivity contribution in [3.05, 3.63) is 63.7 Å². The first kappa shape index (κ1) is 18.3. The summed E-state index contributed by atoms with van der Waals surface area (Å²) in [6.07, 6.45) is 0. The summed E-state index contributed by atoms with van der Waals surface area (Å²) in [5.74, 6) is 0.472. The second-order valence-electron chi connectivity index (χ2n) is 5.85. The number of hydrogen-bond acceptors (Lipinski definition) is 5. The van der Waals surface area contributed by atoms with Crippen LogP contribution in [0.25, 0.3) is 0 Å². The number of aryl methyl sites for hydroxylation is 1. The van der Waals surface area contributed by atoms with Crippen molar-refractivity contribution in [3.8, 4) is 5.75 Å². The van der Waals surface area contributed by atoms with Crippen molar-refractivity contribution < 1.29 is 14.5 Å². The average molecular weight is 343 g/mol. The maximum Gasteiger partial charge on any atom is 0.269 e. The Balaban J connectivity index is 2.05. The van der Waals surface area contributed by atoms with E-state index in [4.69, 9.17) is 4.74 Å². The minimum atomic E-state index is -0.426. The number of nitro groups is 1. The van der Waals surface area contributed by atoms with E-state index >= 15 is 0 Å². The van der Waals surface area contributed by atoms with Crippen molar-refractivity contribution in [1.82, 2.24) is 4.90 Å². The molecule has 7 heteroatoms. The van der Waals surface area contributed by atoms with Gasteiger partial charge in [-0.1, -0.05) is 18.2 Å². The van der Waals surface area contributed by atoms with Crippen molar-refractivity contribution in [2.75, 3.05) is 26.0 Å². The van der Waals surface area contributed by atoms with Gasteiger partial charge in [0.25, 0.3) is 11.6 Å². The predicted molar refractivity (Wildman–Crippen MR) is 95.8 cm³/mol. The van der Waals surface area contributed by atoms with Crippen molar-refractivity contribution in [2.24, 2.45) is 0 Å². The van der Waals surface area contributed by atoms with E-state index in [1.54, 1.807) is 26.2 Å². The zero-order valence-corrected chi connectivity index (χ0v) is 14.5. The van der Waals surface area contributed by atoms with Gasteiger partial charge in [0.1, 0.15) is 5.75 Å². The lowest BCUT2D eigenvalue weighted by molar-refractivity contribution is -0.384. The fraction of sp³-hybridized carbons (Fsp3) is 0.278. The van der Waals surface area contributed by atoms with Gasteiger partial charge in [0.05, 0.1) is 10.6 Å². The highest BCUT2D eigenvalue weighted by molar-refractivity contribution is 5.77. The Bertz CT molecular complexity index is 757. The quantitative estimate of drug-likeness (QED) is 0.617. The summed E-state index contributed by atoms with van der Waals surface area (Å²) in [5, 5.41) is 13.9. The van der Waals surface area contributed by atoms with E-state index in [9.17, 15) is 14.9 Å². The fourth-order valence-corrected chi connectivity index (χ4v) is 2.10. The Labute approximate surface area is 146 Å². The number of carbonyl (C=O) groups is 1. The number of ether oxygens (including phenoxy) is 1. The SMILES string of the molecule is Cc1ccc(NCc2ccc([N+](=O)[O-])cc2)c(OCC(=O)N(C)C)c1. The molecule has 0 saturated heterocycles. The van der Waals surface area contributed by atoms with Crippen molar-refractivity contribution in [2.45, 2.75) is 13.5 Å². The second kappa shape index (κ2) is 8.14. The Kier molecular flexibility index (Phi) is 5.94. The number of amides is 1. The van der Waals surface area contributed by atoms with Crippen LogP contribution in [-0.2, 0) is 11.3 Å². The number of non-ortho nitro benzene ring substituents is 1. The maximum absolute atomic E-state index is 11.7. The van der Waals surface area contributed by atoms with Crippen LogP contribution in [0.2, 0.25) is 0 Å². The molecule has 2 aromatic rings. The van der Waals surface area contributed by atoms with Crippen LogP contribution in [0.4, 0.5) is 11.4 Å². The van der Waals surface area contributed by atoms with Crippen LogP contribution >= 0.6 is 0 Å². The molecule has 0 aliphatic rings. The van der Waals surface area contributed by atoms with Gasteiger partial charge in [0, 0.05) is 32.8 Å². The van der Waals surface area contributed by atoms with Crippen LogP contribution in [0.1, 0.15) is 11.1 Å². The highest BCUT2D eigenvalue weighted by atomic mass is 16.6. The molecule has 0 aromatic heterocycles. The van der Waals surface area contributed by atoms with Crippen LogP contribution in [0.3, 0.4) is 0 Å². The number of nitrogens with zero attached hydrogens (tertiary/aromatic N) is 2. The van der Waals surface area contributed by atoms with Gasteiger partial charge in [-0.25, -0.2) is 0 Å². The lowest BCUT2D eigenvalue weighted by Gasteiger charge is -2.16. The molecule has 0 aliphatic heterocycles. The molecule has 0 saturated carbocycles. The van der Waals surface area contributed by atoms with Crippen LogP contribution in [-0.4, -0.2) is 36.4 Å². The van der Waals surface area contributed by atoms with Gasteiger partial charge in [-0.2, -0.15) is 0 Å². The lowest BCUT2D eigenvalue weighted by atomic mass is 10.2. The Morgan fingerprint density at radius 3 is 2.48 bits per heavy atom. The van der Waals surface area contributed by atoms with Gasteiger partial charge in [-0.05, 0) is 30.2 Å². The summed E-state index contributed by atoms with van der Waals surface area (Å²) in [4.78, 5) is 23.4. The molecule has 7 nitrogen and oxygen atoms in total. The van der Waals surface area contributed by atoms with E-state index < -0.39 is 4.92 Å². The van der Waals surface area contributed by atoms with Crippen LogP contribution in [0.15, 0.2) is 42.5 Å². The van der Waals surface area contributed by atoms with Crippen LogP contribution in [0.5, 0.6) is 5.75 Å². The molecular weight excluding hydrogens is 322 g/mol. The molecule has 1 amide bonds. The Morgan fingerprint density at radius 1 is 1.20 bits per heavy atom. The zero-order chi connectivity index (χ0) is 18.4. The average Bonchev–Trinajstić information content (AvgIpc) is 2.59. The van der Waals surface area contributed by atoms with Gasteiger partial charge in [-0.15, -0.1) is 0 Å². The smallest absolute Gasteiger partial charge is 0.269 e. The minimum Gasteiger partial charge on any atom is -0.482 e. The third-order valence-corrected chi connectivity index (χ3v) is 3.62. The van der Waals surface area contributed by atoms with Gasteiger partial charge in [-0.3, -0.25) is 14.9 Å². The fourth-order valence-electron chi connectivity index (χ4n) is 2.10. The van der Waals surface area contributed by atoms with E-state index in [0.29, 0.717) is 12.3 Å². The number of likely N-dealkylation sites (N-methyl/N-ethyl adjacent to an activating group) is 1. The van der Waals surface area contributed by atoms with E-state index in [0.717, 1.165) is 16.8 Å². The molecule has 0 heterocycles. The minimum absolute atomic E-state index is 0.0390. The third-order valence-electron chi connectivity index (χ3n) is 3.62. The molecule has 0 spiro atoms. The molecule has 25 heavy (non-hydrogen) atoms. The lowest BCUT2D eigenvalue weighted by Crippen LogP contribution is -2.27. The number of rotatable bonds is 7. The van der Waals surface area contributed by atoms with Crippen LogP contribution < -0.4 is 10.1 Å². The van der Waals surface area contributed by atoms with Gasteiger partial charge < -0.3 is 15.0 Å². The maximum atomic E-state index is 11.7. The molecule has 0 aliphatic carbocycles. The van der Waals surface area contributed by atoms with Gasteiger partial charge in [0.2, 0.25) is 0 Å². The van der Waals surface area contributed by atoms with Crippen molar-refractivity contribution in [1.29, 1.82) is 0 Å². The molecule has 132 valence electrons. The molecule has 2 aromatic carbocycles. The van der Waals surface area contributed by atoms with E-state index in [1.165, 1.54) is 17.0 Å². The first-order valence-corrected chi connectivity index (χ1v) is 7.77. The molecule has 0 bridgehead atoms. The molecular formula is C18H21N3O4. The number of nitro benzene ring substituents is 1. The first-order chi connectivity index (χ1) is 11.9. The van der Waals surface area contributed by atoms with Crippen molar-refractivity contribution in [3.63, 3.8) is 0 Å². The summed E-state index contributed by atoms with van der Waals surface area (Å²) >= 11 is 0. The summed E-state index contributed by atoms with van der Waals surface area (Å²) in [7, 11) is 3.35. The van der Waals surface area contributed by atoms with E-state index in [-0.39, 0.29) is 18.2 Å². The number of nitrogens with one attached hydrogen (secondary N) is 1. The summed E-state index contributed by atoms with van der Waals surface area (Å²) in [6.45, 7) is 2.39. The Hall–Kier alpha value is -3.09. The normalized spacial score (nSPS) is 10.2. The van der Waals surface area contributed by atoms with Gasteiger partial charge >= 0.3 is 0 Å². The summed E-state index contributed by atoms with van der Waals surface area (Å²) < 4.78 is 5.64. The van der Waals surface area contributed by atoms with Crippen molar-refractivity contribution >= 4 is 17.3 Å². The standard InChI is InChI=1S/C18H21N3O4/c1-13-4-9-16(17(10-13)25-12-18(22)20(2)3)19-11-14-5-7-15(8-6-14)21(23)24/h4-10,19H,11-12H2,1-3H3. The second-order valence-corrected chi connectivity index (χ2v) is 5.85. The number of benzene rings is 2. The zero-order valence-electron chi connectivity index (χ0n) is 14.5.